The number of benzene rings is 2. The molecule has 0 aliphatic heterocycles. The average Bonchev–Trinajstić information content (AvgIpc) is 2.72. The van der Waals surface area contributed by atoms with Crippen molar-refractivity contribution in [2.45, 2.75) is 17.8 Å². The highest BCUT2D eigenvalue weighted by Crippen LogP contribution is 2.22. The van der Waals surface area contributed by atoms with Crippen LogP contribution in [0.1, 0.15) is 32.0 Å². The first-order valence-corrected chi connectivity index (χ1v) is 10.7. The molecule has 2 amide bonds. The van der Waals surface area contributed by atoms with Crippen LogP contribution in [0.2, 0.25) is 5.02 Å². The fraction of sp³-hybridized carbons (Fsp3) is 0.100. The largest absolute Gasteiger partial charge is 0.289 e. The van der Waals surface area contributed by atoms with E-state index in [4.69, 9.17) is 11.6 Å². The van der Waals surface area contributed by atoms with Crippen LogP contribution in [0.5, 0.6) is 0 Å². The molecule has 2 aromatic carbocycles. The summed E-state index contributed by atoms with van der Waals surface area (Å²) in [5.41, 5.74) is 7.38. The molecule has 0 fully saturated rings. The normalized spacial score (nSPS) is 10.4. The van der Waals surface area contributed by atoms with E-state index in [1.807, 2.05) is 31.2 Å². The summed E-state index contributed by atoms with van der Waals surface area (Å²) in [5.74, 6) is -0.424. The number of carbonyl (C=O) groups excluding carboxylic acids is 2. The monoisotopic (exact) mass is 490 g/mol. The lowest BCUT2D eigenvalue weighted by Crippen LogP contribution is -2.42. The Kier molecular flexibility index (Phi) is 7.24. The summed E-state index contributed by atoms with van der Waals surface area (Å²) in [6, 6.07) is 14.7. The van der Waals surface area contributed by atoms with Gasteiger partial charge in [-0.2, -0.15) is 0 Å². The lowest BCUT2D eigenvalue weighted by atomic mass is 10.2. The predicted molar refractivity (Wildman–Crippen MR) is 117 cm³/mol. The second-order valence-electron chi connectivity index (χ2n) is 6.01. The summed E-state index contributed by atoms with van der Waals surface area (Å²) in [5, 5.41) is 0.744. The molecule has 0 aliphatic rings. The van der Waals surface area contributed by atoms with E-state index in [0.29, 0.717) is 15.4 Å². The molecule has 3 aromatic rings. The Morgan fingerprint density at radius 3 is 2.48 bits per heavy atom. The van der Waals surface area contributed by atoms with Crippen molar-refractivity contribution in [3.8, 4) is 0 Å². The SMILES string of the molecule is Cc1ccc(CSc2ncc(Br)c(C(=O)NNC(=O)c3ccccc3Cl)n2)cc1. The van der Waals surface area contributed by atoms with Crippen LogP contribution in [-0.2, 0) is 5.75 Å². The number of hydrogen-bond donors (Lipinski definition) is 2. The molecular formula is C20H16BrClN4O2S. The van der Waals surface area contributed by atoms with Crippen LogP contribution in [0.4, 0.5) is 0 Å². The smallest absolute Gasteiger partial charge is 0.267 e. The van der Waals surface area contributed by atoms with Crippen LogP contribution >= 0.6 is 39.3 Å². The second kappa shape index (κ2) is 9.87. The number of hydrogen-bond acceptors (Lipinski definition) is 5. The minimum atomic E-state index is -0.572. The lowest BCUT2D eigenvalue weighted by Gasteiger charge is -2.09. The molecule has 6 nitrogen and oxygen atoms in total. The molecule has 0 saturated heterocycles. The Labute approximate surface area is 185 Å². The van der Waals surface area contributed by atoms with E-state index < -0.39 is 11.8 Å². The van der Waals surface area contributed by atoms with Crippen molar-refractivity contribution in [1.29, 1.82) is 0 Å². The van der Waals surface area contributed by atoms with E-state index in [9.17, 15) is 9.59 Å². The van der Waals surface area contributed by atoms with Gasteiger partial charge in [0.15, 0.2) is 5.16 Å². The minimum Gasteiger partial charge on any atom is -0.267 e. The van der Waals surface area contributed by atoms with Gasteiger partial charge in [-0.25, -0.2) is 9.97 Å². The Balaban J connectivity index is 1.64. The molecule has 2 N–H and O–H groups in total. The van der Waals surface area contributed by atoms with Gasteiger partial charge in [-0.15, -0.1) is 0 Å². The van der Waals surface area contributed by atoms with Crippen LogP contribution in [0.15, 0.2) is 64.4 Å². The zero-order valence-corrected chi connectivity index (χ0v) is 18.4. The first-order valence-electron chi connectivity index (χ1n) is 8.50. The van der Waals surface area contributed by atoms with E-state index in [1.54, 1.807) is 24.3 Å². The summed E-state index contributed by atoms with van der Waals surface area (Å²) in [7, 11) is 0. The molecule has 0 unspecified atom stereocenters. The summed E-state index contributed by atoms with van der Waals surface area (Å²) >= 11 is 10.7. The Hall–Kier alpha value is -2.42. The van der Waals surface area contributed by atoms with Gasteiger partial charge < -0.3 is 0 Å². The number of aryl methyl sites for hydroxylation is 1. The maximum atomic E-state index is 12.5. The maximum Gasteiger partial charge on any atom is 0.289 e. The Morgan fingerprint density at radius 2 is 1.76 bits per heavy atom. The number of nitrogens with one attached hydrogen (secondary N) is 2. The van der Waals surface area contributed by atoms with Crippen LogP contribution in [0, 0.1) is 6.92 Å². The zero-order valence-electron chi connectivity index (χ0n) is 15.3. The number of aromatic nitrogens is 2. The molecule has 0 bridgehead atoms. The number of nitrogens with zero attached hydrogens (tertiary/aromatic N) is 2. The van der Waals surface area contributed by atoms with Crippen LogP contribution < -0.4 is 10.9 Å². The van der Waals surface area contributed by atoms with Crippen molar-refractivity contribution in [3.05, 3.63) is 86.6 Å². The molecule has 1 heterocycles. The average molecular weight is 492 g/mol. The third kappa shape index (κ3) is 5.79. The van der Waals surface area contributed by atoms with E-state index in [0.717, 1.165) is 5.56 Å². The summed E-state index contributed by atoms with van der Waals surface area (Å²) in [6.07, 6.45) is 1.51. The highest BCUT2D eigenvalue weighted by molar-refractivity contribution is 9.10. The van der Waals surface area contributed by atoms with Gasteiger partial charge in [0.1, 0.15) is 5.69 Å². The zero-order chi connectivity index (χ0) is 20.8. The fourth-order valence-corrected chi connectivity index (χ4v) is 3.66. The number of thioether (sulfide) groups is 1. The molecule has 148 valence electrons. The van der Waals surface area contributed by atoms with Gasteiger partial charge in [-0.1, -0.05) is 65.3 Å². The predicted octanol–water partition coefficient (Wildman–Crippen LogP) is 4.57. The minimum absolute atomic E-state index is 0.117. The maximum absolute atomic E-state index is 12.5. The summed E-state index contributed by atoms with van der Waals surface area (Å²) in [4.78, 5) is 33.2. The van der Waals surface area contributed by atoms with Gasteiger partial charge in [-0.3, -0.25) is 20.4 Å². The van der Waals surface area contributed by atoms with Crippen molar-refractivity contribution in [3.63, 3.8) is 0 Å². The quantitative estimate of drug-likeness (QED) is 0.310. The summed E-state index contributed by atoms with van der Waals surface area (Å²) < 4.78 is 0.418. The number of halogens is 2. The van der Waals surface area contributed by atoms with E-state index in [-0.39, 0.29) is 16.3 Å². The topological polar surface area (TPSA) is 84.0 Å². The highest BCUT2D eigenvalue weighted by atomic mass is 79.9. The van der Waals surface area contributed by atoms with Gasteiger partial charge >= 0.3 is 0 Å². The first-order chi connectivity index (χ1) is 13.9. The fourth-order valence-electron chi connectivity index (χ4n) is 2.30. The molecular weight excluding hydrogens is 476 g/mol. The molecule has 29 heavy (non-hydrogen) atoms. The van der Waals surface area contributed by atoms with Gasteiger partial charge in [0.25, 0.3) is 11.8 Å². The molecule has 0 aliphatic carbocycles. The highest BCUT2D eigenvalue weighted by Gasteiger charge is 2.16. The van der Waals surface area contributed by atoms with Crippen LogP contribution in [0.25, 0.3) is 0 Å². The number of carbonyl (C=O) groups is 2. The van der Waals surface area contributed by atoms with Crippen LogP contribution in [-0.4, -0.2) is 21.8 Å². The third-order valence-electron chi connectivity index (χ3n) is 3.83. The number of amides is 2. The Morgan fingerprint density at radius 1 is 1.07 bits per heavy atom. The van der Waals surface area contributed by atoms with Crippen molar-refractivity contribution in [1.82, 2.24) is 20.8 Å². The van der Waals surface area contributed by atoms with Gasteiger partial charge in [-0.05, 0) is 40.5 Å². The number of rotatable bonds is 5. The van der Waals surface area contributed by atoms with E-state index >= 15 is 0 Å². The van der Waals surface area contributed by atoms with E-state index in [1.165, 1.54) is 23.5 Å². The first kappa shape index (κ1) is 21.3. The standard InChI is InChI=1S/C20H16BrClN4O2S/c1-12-6-8-13(9-7-12)11-29-20-23-10-15(21)17(24-20)19(28)26-25-18(27)14-4-2-3-5-16(14)22/h2-10H,11H2,1H3,(H,25,27)(H,26,28). The Bertz CT molecular complexity index is 1050. The van der Waals surface area contributed by atoms with Gasteiger partial charge in [0.05, 0.1) is 15.1 Å². The van der Waals surface area contributed by atoms with E-state index in [2.05, 4.69) is 36.7 Å². The third-order valence-corrected chi connectivity index (χ3v) is 5.68. The van der Waals surface area contributed by atoms with Crippen LogP contribution in [0.3, 0.4) is 0 Å². The number of hydrazine groups is 1. The molecule has 0 saturated carbocycles. The van der Waals surface area contributed by atoms with Crippen molar-refractivity contribution in [2.24, 2.45) is 0 Å². The molecule has 0 atom stereocenters. The lowest BCUT2D eigenvalue weighted by molar-refractivity contribution is 0.0843. The van der Waals surface area contributed by atoms with Gasteiger partial charge in [0.2, 0.25) is 0 Å². The molecule has 9 heteroatoms. The van der Waals surface area contributed by atoms with Crippen molar-refractivity contribution in [2.75, 3.05) is 0 Å². The van der Waals surface area contributed by atoms with Gasteiger partial charge in [0, 0.05) is 11.9 Å². The van der Waals surface area contributed by atoms with Crippen molar-refractivity contribution >= 4 is 51.1 Å². The van der Waals surface area contributed by atoms with Crippen molar-refractivity contribution < 1.29 is 9.59 Å². The summed E-state index contributed by atoms with van der Waals surface area (Å²) in [6.45, 7) is 2.03. The molecule has 3 rings (SSSR count). The molecule has 1 aromatic heterocycles. The second-order valence-corrected chi connectivity index (χ2v) is 8.22. The molecule has 0 radical (unpaired) electrons. The molecule has 0 spiro atoms.